The predicted octanol–water partition coefficient (Wildman–Crippen LogP) is 1.55. The summed E-state index contributed by atoms with van der Waals surface area (Å²) in [5, 5.41) is 12.9. The molecule has 0 aliphatic heterocycles. The van der Waals surface area contributed by atoms with Crippen LogP contribution in [0.4, 0.5) is 0 Å². The minimum absolute atomic E-state index is 0.235. The lowest BCUT2D eigenvalue weighted by Gasteiger charge is -1.99. The molecule has 2 rings (SSSR count). The first-order chi connectivity index (χ1) is 7.31. The van der Waals surface area contributed by atoms with Crippen LogP contribution in [0, 0.1) is 0 Å². The topological polar surface area (TPSA) is 72.3 Å². The number of hydrogen-bond acceptors (Lipinski definition) is 4. The van der Waals surface area contributed by atoms with Gasteiger partial charge in [-0.3, -0.25) is 0 Å². The first kappa shape index (κ1) is 9.73. The third kappa shape index (κ3) is 1.99. The van der Waals surface area contributed by atoms with E-state index in [1.165, 1.54) is 0 Å². The minimum atomic E-state index is 0.235. The Labute approximate surface area is 87.3 Å². The van der Waals surface area contributed by atoms with Crippen LogP contribution >= 0.6 is 0 Å². The second-order valence-electron chi connectivity index (χ2n) is 3.27. The Morgan fingerprint density at radius 1 is 1.27 bits per heavy atom. The van der Waals surface area contributed by atoms with Crippen molar-refractivity contribution in [3.63, 3.8) is 0 Å². The lowest BCUT2D eigenvalue weighted by molar-refractivity contribution is 0.431. The average Bonchev–Trinajstić information content (AvgIpc) is 2.68. The van der Waals surface area contributed by atoms with Crippen molar-refractivity contribution in [2.75, 3.05) is 6.54 Å². The van der Waals surface area contributed by atoms with Gasteiger partial charge in [-0.2, -0.15) is 0 Å². The van der Waals surface area contributed by atoms with E-state index in [4.69, 9.17) is 15.4 Å². The van der Waals surface area contributed by atoms with E-state index in [1.54, 1.807) is 30.5 Å². The zero-order chi connectivity index (χ0) is 10.7. The van der Waals surface area contributed by atoms with Crippen molar-refractivity contribution in [3.8, 4) is 17.1 Å². The van der Waals surface area contributed by atoms with Crippen molar-refractivity contribution < 1.29 is 9.63 Å². The Kier molecular flexibility index (Phi) is 2.69. The van der Waals surface area contributed by atoms with Crippen molar-refractivity contribution in [2.24, 2.45) is 5.73 Å². The van der Waals surface area contributed by atoms with Crippen molar-refractivity contribution >= 4 is 0 Å². The Morgan fingerprint density at radius 2 is 2.00 bits per heavy atom. The summed E-state index contributed by atoms with van der Waals surface area (Å²) < 4.78 is 5.16. The molecule has 0 saturated heterocycles. The van der Waals surface area contributed by atoms with Gasteiger partial charge < -0.3 is 15.4 Å². The summed E-state index contributed by atoms with van der Waals surface area (Å²) in [5.74, 6) is 0.957. The fourth-order valence-electron chi connectivity index (χ4n) is 1.44. The van der Waals surface area contributed by atoms with Gasteiger partial charge in [0.15, 0.2) is 5.76 Å². The highest BCUT2D eigenvalue weighted by Gasteiger charge is 2.09. The fraction of sp³-hybridized carbons (Fsp3) is 0.182. The first-order valence-electron chi connectivity index (χ1n) is 4.74. The van der Waals surface area contributed by atoms with Gasteiger partial charge in [-0.15, -0.1) is 0 Å². The molecule has 1 aromatic heterocycles. The molecule has 15 heavy (non-hydrogen) atoms. The maximum atomic E-state index is 9.16. The molecule has 1 heterocycles. The van der Waals surface area contributed by atoms with Crippen molar-refractivity contribution in [1.82, 2.24) is 5.16 Å². The molecule has 4 nitrogen and oxygen atoms in total. The lowest BCUT2D eigenvalue weighted by Crippen LogP contribution is -2.02. The molecule has 4 heteroatoms. The van der Waals surface area contributed by atoms with Crippen LogP contribution in [0.5, 0.6) is 5.75 Å². The molecule has 0 saturated carbocycles. The van der Waals surface area contributed by atoms with Gasteiger partial charge >= 0.3 is 0 Å². The van der Waals surface area contributed by atoms with Gasteiger partial charge in [-0.05, 0) is 37.2 Å². The van der Waals surface area contributed by atoms with E-state index in [9.17, 15) is 0 Å². The highest BCUT2D eigenvalue weighted by Crippen LogP contribution is 2.25. The lowest BCUT2D eigenvalue weighted by atomic mass is 10.1. The molecule has 0 aliphatic carbocycles. The van der Waals surface area contributed by atoms with Gasteiger partial charge in [0.05, 0.1) is 6.20 Å². The average molecular weight is 204 g/mol. The zero-order valence-corrected chi connectivity index (χ0v) is 8.18. The molecular formula is C11H12N2O2. The second-order valence-corrected chi connectivity index (χ2v) is 3.27. The number of hydrogen-bond donors (Lipinski definition) is 2. The smallest absolute Gasteiger partial charge is 0.170 e. The molecular weight excluding hydrogens is 192 g/mol. The Bertz CT molecular complexity index is 434. The first-order valence-corrected chi connectivity index (χ1v) is 4.74. The monoisotopic (exact) mass is 204 g/mol. The summed E-state index contributed by atoms with van der Waals surface area (Å²) in [6.45, 7) is 0.562. The maximum Gasteiger partial charge on any atom is 0.170 e. The molecule has 0 amide bonds. The van der Waals surface area contributed by atoms with E-state index >= 15 is 0 Å². The zero-order valence-electron chi connectivity index (χ0n) is 8.18. The maximum absolute atomic E-state index is 9.16. The molecule has 0 aliphatic rings. The number of benzene rings is 1. The Morgan fingerprint density at radius 3 is 2.67 bits per heavy atom. The van der Waals surface area contributed by atoms with E-state index < -0.39 is 0 Å². The third-order valence-corrected chi connectivity index (χ3v) is 2.19. The summed E-state index contributed by atoms with van der Waals surface area (Å²) in [4.78, 5) is 0. The molecule has 3 N–H and O–H groups in total. The molecule has 0 spiro atoms. The molecule has 0 fully saturated rings. The second kappa shape index (κ2) is 4.14. The molecule has 0 radical (unpaired) electrons. The number of nitrogens with two attached hydrogens (primary N) is 1. The van der Waals surface area contributed by atoms with Crippen LogP contribution in [0.1, 0.15) is 5.56 Å². The van der Waals surface area contributed by atoms with Gasteiger partial charge in [-0.25, -0.2) is 0 Å². The number of nitrogens with zero attached hydrogens (tertiary/aromatic N) is 1. The van der Waals surface area contributed by atoms with Crippen LogP contribution in [-0.2, 0) is 6.42 Å². The number of aromatic nitrogens is 1. The largest absolute Gasteiger partial charge is 0.508 e. The molecule has 2 aromatic rings. The normalized spacial score (nSPS) is 10.5. The number of rotatable bonds is 3. The summed E-state index contributed by atoms with van der Waals surface area (Å²) in [6.07, 6.45) is 2.41. The van der Waals surface area contributed by atoms with Crippen molar-refractivity contribution in [2.45, 2.75) is 6.42 Å². The van der Waals surface area contributed by atoms with E-state index in [0.717, 1.165) is 23.3 Å². The highest BCUT2D eigenvalue weighted by molar-refractivity contribution is 5.61. The van der Waals surface area contributed by atoms with E-state index in [2.05, 4.69) is 5.16 Å². The van der Waals surface area contributed by atoms with Crippen molar-refractivity contribution in [1.29, 1.82) is 0 Å². The summed E-state index contributed by atoms with van der Waals surface area (Å²) >= 11 is 0. The summed E-state index contributed by atoms with van der Waals surface area (Å²) in [6, 6.07) is 6.81. The molecule has 0 unspecified atom stereocenters. The quantitative estimate of drug-likeness (QED) is 0.795. The molecule has 0 atom stereocenters. The minimum Gasteiger partial charge on any atom is -0.508 e. The number of phenols is 1. The Balaban J connectivity index is 2.36. The van der Waals surface area contributed by atoms with E-state index in [1.807, 2.05) is 0 Å². The van der Waals surface area contributed by atoms with Gasteiger partial charge in [0.1, 0.15) is 5.75 Å². The van der Waals surface area contributed by atoms with Gasteiger partial charge in [0.25, 0.3) is 0 Å². The van der Waals surface area contributed by atoms with Crippen LogP contribution in [0.2, 0.25) is 0 Å². The van der Waals surface area contributed by atoms with Crippen LogP contribution in [0.25, 0.3) is 11.3 Å². The van der Waals surface area contributed by atoms with Crippen molar-refractivity contribution in [3.05, 3.63) is 36.0 Å². The summed E-state index contributed by atoms with van der Waals surface area (Å²) in [7, 11) is 0. The molecule has 78 valence electrons. The van der Waals surface area contributed by atoms with Gasteiger partial charge in [-0.1, -0.05) is 5.16 Å². The van der Waals surface area contributed by atoms with Crippen LogP contribution in [0.15, 0.2) is 35.0 Å². The highest BCUT2D eigenvalue weighted by atomic mass is 16.5. The van der Waals surface area contributed by atoms with E-state index in [-0.39, 0.29) is 5.75 Å². The predicted molar refractivity (Wildman–Crippen MR) is 56.4 cm³/mol. The fourth-order valence-corrected chi connectivity index (χ4v) is 1.44. The van der Waals surface area contributed by atoms with Gasteiger partial charge in [0.2, 0.25) is 0 Å². The number of phenolic OH excluding ortho intramolecular Hbond substituents is 1. The van der Waals surface area contributed by atoms with Crippen LogP contribution in [-0.4, -0.2) is 16.8 Å². The van der Waals surface area contributed by atoms with Crippen LogP contribution in [0.3, 0.4) is 0 Å². The SMILES string of the molecule is NCCc1cnoc1-c1ccc(O)cc1. The number of aromatic hydroxyl groups is 1. The third-order valence-electron chi connectivity index (χ3n) is 2.19. The summed E-state index contributed by atoms with van der Waals surface area (Å²) in [5.41, 5.74) is 7.37. The molecule has 1 aromatic carbocycles. The van der Waals surface area contributed by atoms with Crippen LogP contribution < -0.4 is 5.73 Å². The Hall–Kier alpha value is -1.81. The molecule has 0 bridgehead atoms. The standard InChI is InChI=1S/C11H12N2O2/c12-6-5-9-7-13-15-11(9)8-1-3-10(14)4-2-8/h1-4,7,14H,5-6,12H2. The van der Waals surface area contributed by atoms with E-state index in [0.29, 0.717) is 6.54 Å². The van der Waals surface area contributed by atoms with Gasteiger partial charge in [0, 0.05) is 11.1 Å².